The second-order valence-electron chi connectivity index (χ2n) is 9.71. The van der Waals surface area contributed by atoms with Crippen molar-refractivity contribution in [3.63, 3.8) is 0 Å². The molecule has 0 unspecified atom stereocenters. The summed E-state index contributed by atoms with van der Waals surface area (Å²) in [6, 6.07) is 2.37. The van der Waals surface area contributed by atoms with Crippen LogP contribution < -0.4 is 20.3 Å². The minimum absolute atomic E-state index is 0.109. The van der Waals surface area contributed by atoms with Crippen LogP contribution in [0.4, 0.5) is 10.5 Å². The van der Waals surface area contributed by atoms with Crippen molar-refractivity contribution >= 4 is 29.6 Å². The monoisotopic (exact) mass is 474 g/mol. The van der Waals surface area contributed by atoms with Gasteiger partial charge in [-0.3, -0.25) is 14.9 Å². The normalized spacial score (nSPS) is 22.3. The Morgan fingerprint density at radius 2 is 2.03 bits per heavy atom. The second-order valence-corrected chi connectivity index (χ2v) is 9.71. The van der Waals surface area contributed by atoms with Gasteiger partial charge >= 0.3 is 12.1 Å². The van der Waals surface area contributed by atoms with E-state index in [2.05, 4.69) is 15.5 Å². The lowest BCUT2D eigenvalue weighted by Gasteiger charge is -2.46. The molecule has 184 valence electrons. The van der Waals surface area contributed by atoms with Crippen LogP contribution in [0.3, 0.4) is 0 Å². The van der Waals surface area contributed by atoms with Crippen LogP contribution in [-0.4, -0.2) is 77.8 Å². The smallest absolute Gasteiger partial charge is 0.410 e. The van der Waals surface area contributed by atoms with Crippen LogP contribution in [0.25, 0.3) is 0 Å². The first kappa shape index (κ1) is 23.8. The third-order valence-corrected chi connectivity index (χ3v) is 6.09. The highest BCUT2D eigenvalue weighted by molar-refractivity contribution is 6.00. The summed E-state index contributed by atoms with van der Waals surface area (Å²) in [5, 5.41) is 15.2. The number of carbonyl (C=O) groups excluding carboxylic acids is 3. The lowest BCUT2D eigenvalue weighted by molar-refractivity contribution is -0.134. The van der Waals surface area contributed by atoms with Crippen molar-refractivity contribution in [3.8, 4) is 5.75 Å². The third-order valence-electron chi connectivity index (χ3n) is 6.09. The van der Waals surface area contributed by atoms with Gasteiger partial charge in [-0.25, -0.2) is 9.59 Å². The predicted octanol–water partition coefficient (Wildman–Crippen LogP) is 1.10. The summed E-state index contributed by atoms with van der Waals surface area (Å²) >= 11 is 0. The molecule has 0 aromatic heterocycles. The SMILES string of the molecule is CC(C)(C)OC(=O)N1CCN2c3c(ccc(C(=O)O)c3CN[C@H]3CCC(=O)NC3=O)OC[C@@H]2C1. The van der Waals surface area contributed by atoms with E-state index in [0.29, 0.717) is 49.7 Å². The van der Waals surface area contributed by atoms with Crippen LogP contribution in [0.5, 0.6) is 5.75 Å². The van der Waals surface area contributed by atoms with E-state index in [-0.39, 0.29) is 30.5 Å². The molecule has 34 heavy (non-hydrogen) atoms. The largest absolute Gasteiger partial charge is 0.489 e. The summed E-state index contributed by atoms with van der Waals surface area (Å²) in [4.78, 5) is 51.9. The van der Waals surface area contributed by atoms with Crippen molar-refractivity contribution in [2.45, 2.75) is 57.8 Å². The number of anilines is 1. The molecule has 0 spiro atoms. The summed E-state index contributed by atoms with van der Waals surface area (Å²) in [7, 11) is 0. The molecule has 3 aliphatic rings. The van der Waals surface area contributed by atoms with E-state index in [1.54, 1.807) is 11.0 Å². The van der Waals surface area contributed by atoms with Crippen molar-refractivity contribution in [2.24, 2.45) is 0 Å². The van der Waals surface area contributed by atoms with Gasteiger partial charge in [0, 0.05) is 38.2 Å². The summed E-state index contributed by atoms with van der Waals surface area (Å²) in [6.07, 6.45) is 0.173. The Morgan fingerprint density at radius 1 is 1.26 bits per heavy atom. The van der Waals surface area contributed by atoms with Gasteiger partial charge in [-0.1, -0.05) is 0 Å². The number of benzene rings is 1. The number of nitrogens with zero attached hydrogens (tertiary/aromatic N) is 2. The number of ether oxygens (including phenoxy) is 2. The lowest BCUT2D eigenvalue weighted by atomic mass is 9.98. The quantitative estimate of drug-likeness (QED) is 0.548. The number of piperazine rings is 1. The molecule has 2 fully saturated rings. The van der Waals surface area contributed by atoms with E-state index in [1.165, 1.54) is 6.07 Å². The van der Waals surface area contributed by atoms with Crippen molar-refractivity contribution in [1.82, 2.24) is 15.5 Å². The number of hydrogen-bond acceptors (Lipinski definition) is 8. The Morgan fingerprint density at radius 3 is 2.71 bits per heavy atom. The number of carbonyl (C=O) groups is 4. The molecule has 2 saturated heterocycles. The number of hydrogen-bond donors (Lipinski definition) is 3. The summed E-state index contributed by atoms with van der Waals surface area (Å²) < 4.78 is 11.5. The number of aromatic carboxylic acids is 1. The predicted molar refractivity (Wildman–Crippen MR) is 121 cm³/mol. The van der Waals surface area contributed by atoms with Gasteiger partial charge in [0.2, 0.25) is 11.8 Å². The minimum atomic E-state index is -1.09. The number of imide groups is 1. The number of fused-ring (bicyclic) bond motifs is 3. The number of carboxylic acids is 1. The molecule has 0 saturated carbocycles. The van der Waals surface area contributed by atoms with Crippen molar-refractivity contribution < 1.29 is 33.8 Å². The maximum atomic E-state index is 12.6. The highest BCUT2D eigenvalue weighted by Gasteiger charge is 2.38. The first-order valence-corrected chi connectivity index (χ1v) is 11.4. The molecule has 2 atom stereocenters. The molecule has 1 aromatic rings. The van der Waals surface area contributed by atoms with Gasteiger partial charge in [0.1, 0.15) is 18.0 Å². The van der Waals surface area contributed by atoms with Crippen LogP contribution in [0.15, 0.2) is 12.1 Å². The van der Waals surface area contributed by atoms with Crippen molar-refractivity contribution in [1.29, 1.82) is 0 Å². The lowest BCUT2D eigenvalue weighted by Crippen LogP contribution is -2.59. The third kappa shape index (κ3) is 4.93. The zero-order valence-corrected chi connectivity index (χ0v) is 19.6. The Balaban J connectivity index is 1.57. The molecule has 3 amide bonds. The zero-order valence-electron chi connectivity index (χ0n) is 19.6. The number of rotatable bonds is 4. The highest BCUT2D eigenvalue weighted by Crippen LogP contribution is 2.40. The summed E-state index contributed by atoms with van der Waals surface area (Å²) in [5.41, 5.74) is 0.664. The fourth-order valence-corrected chi connectivity index (χ4v) is 4.51. The Labute approximate surface area is 197 Å². The van der Waals surface area contributed by atoms with Gasteiger partial charge < -0.3 is 29.7 Å². The minimum Gasteiger partial charge on any atom is -0.489 e. The molecule has 11 nitrogen and oxygen atoms in total. The molecule has 11 heteroatoms. The van der Waals surface area contributed by atoms with E-state index < -0.39 is 29.6 Å². The number of carboxylic acid groups (broad SMARTS) is 1. The molecule has 3 aliphatic heterocycles. The Hall–Kier alpha value is -3.34. The number of amides is 3. The van der Waals surface area contributed by atoms with E-state index in [4.69, 9.17) is 9.47 Å². The van der Waals surface area contributed by atoms with Crippen LogP contribution in [0, 0.1) is 0 Å². The standard InChI is InChI=1S/C23H30N4O7/c1-23(2,3)34-22(32)26-8-9-27-13(11-26)12-33-17-6-4-14(21(30)31)15(19(17)27)10-24-16-5-7-18(28)25-20(16)29/h4,6,13,16,24H,5,7-12H2,1-3H3,(H,30,31)(H,25,28,29)/t13-,16-/m0/s1. The fourth-order valence-electron chi connectivity index (χ4n) is 4.51. The van der Waals surface area contributed by atoms with E-state index in [9.17, 15) is 24.3 Å². The van der Waals surface area contributed by atoms with E-state index in [1.807, 2.05) is 20.8 Å². The maximum Gasteiger partial charge on any atom is 0.410 e. The van der Waals surface area contributed by atoms with E-state index in [0.717, 1.165) is 0 Å². The van der Waals surface area contributed by atoms with Crippen molar-refractivity contribution in [2.75, 3.05) is 31.1 Å². The fraction of sp³-hybridized carbons (Fsp3) is 0.565. The molecule has 0 aliphatic carbocycles. The molecule has 0 radical (unpaired) electrons. The van der Waals surface area contributed by atoms with Crippen LogP contribution in [0.1, 0.15) is 49.5 Å². The first-order valence-electron chi connectivity index (χ1n) is 11.4. The molecule has 4 rings (SSSR count). The van der Waals surface area contributed by atoms with Crippen LogP contribution >= 0.6 is 0 Å². The molecule has 1 aromatic carbocycles. The van der Waals surface area contributed by atoms with Gasteiger partial charge in [-0.15, -0.1) is 0 Å². The second kappa shape index (κ2) is 9.13. The summed E-state index contributed by atoms with van der Waals surface area (Å²) in [5.74, 6) is -1.26. The van der Waals surface area contributed by atoms with E-state index >= 15 is 0 Å². The topological polar surface area (TPSA) is 138 Å². The van der Waals surface area contributed by atoms with Gasteiger partial charge in [-0.2, -0.15) is 0 Å². The Kier molecular flexibility index (Phi) is 6.39. The summed E-state index contributed by atoms with van der Waals surface area (Å²) in [6.45, 7) is 7.18. The molecule has 3 N–H and O–H groups in total. The van der Waals surface area contributed by atoms with Crippen molar-refractivity contribution in [3.05, 3.63) is 23.3 Å². The van der Waals surface area contributed by atoms with Gasteiger partial charge in [0.25, 0.3) is 0 Å². The average Bonchev–Trinajstić information content (AvgIpc) is 2.76. The molecule has 0 bridgehead atoms. The Bertz CT molecular complexity index is 1020. The molecular formula is C23H30N4O7. The molecule has 3 heterocycles. The average molecular weight is 475 g/mol. The number of nitrogens with one attached hydrogen (secondary N) is 2. The van der Waals surface area contributed by atoms with Crippen LogP contribution in [-0.2, 0) is 20.9 Å². The maximum absolute atomic E-state index is 12.6. The molecular weight excluding hydrogens is 444 g/mol. The van der Waals surface area contributed by atoms with Gasteiger partial charge in [0.15, 0.2) is 0 Å². The number of piperidine rings is 1. The van der Waals surface area contributed by atoms with Crippen LogP contribution in [0.2, 0.25) is 0 Å². The highest BCUT2D eigenvalue weighted by atomic mass is 16.6. The van der Waals surface area contributed by atoms with Gasteiger partial charge in [-0.05, 0) is 39.3 Å². The first-order chi connectivity index (χ1) is 16.0. The van der Waals surface area contributed by atoms with Gasteiger partial charge in [0.05, 0.1) is 23.3 Å². The zero-order chi connectivity index (χ0) is 24.6.